The molecule has 118 valence electrons. The van der Waals surface area contributed by atoms with Crippen LogP contribution in [0, 0.1) is 0 Å². The van der Waals surface area contributed by atoms with E-state index in [9.17, 15) is 4.79 Å². The molecular formula is C18H25N3O. The molecule has 0 bridgehead atoms. The standard InChI is InChI=1S/C18H25N3O/c1-6-11-19-17(22)15-12-16(21(5)20-15)13-7-9-14(10-8-13)18(2,3)4/h7-10,12H,6,11H2,1-5H3,(H,19,22). The summed E-state index contributed by atoms with van der Waals surface area (Å²) in [5.41, 5.74) is 3.90. The summed E-state index contributed by atoms with van der Waals surface area (Å²) >= 11 is 0. The summed E-state index contributed by atoms with van der Waals surface area (Å²) in [6.45, 7) is 9.29. The van der Waals surface area contributed by atoms with Crippen LogP contribution in [-0.4, -0.2) is 22.2 Å². The number of aryl methyl sites for hydroxylation is 1. The fraction of sp³-hybridized carbons (Fsp3) is 0.444. The monoisotopic (exact) mass is 299 g/mol. The largest absolute Gasteiger partial charge is 0.351 e. The molecule has 0 aliphatic heterocycles. The highest BCUT2D eigenvalue weighted by atomic mass is 16.1. The van der Waals surface area contributed by atoms with Crippen LogP contribution in [0.5, 0.6) is 0 Å². The van der Waals surface area contributed by atoms with Crippen molar-refractivity contribution in [2.24, 2.45) is 7.05 Å². The molecule has 1 aromatic heterocycles. The normalized spacial score (nSPS) is 11.5. The predicted molar refractivity (Wildman–Crippen MR) is 90.0 cm³/mol. The molecule has 1 N–H and O–H groups in total. The summed E-state index contributed by atoms with van der Waals surface area (Å²) in [6.07, 6.45) is 0.916. The van der Waals surface area contributed by atoms with Gasteiger partial charge in [0.2, 0.25) is 0 Å². The third kappa shape index (κ3) is 3.56. The summed E-state index contributed by atoms with van der Waals surface area (Å²) in [6, 6.07) is 10.3. The first-order valence-corrected chi connectivity index (χ1v) is 7.76. The van der Waals surface area contributed by atoms with Crippen LogP contribution < -0.4 is 5.32 Å². The van der Waals surface area contributed by atoms with E-state index in [2.05, 4.69) is 55.5 Å². The highest BCUT2D eigenvalue weighted by Crippen LogP contribution is 2.26. The number of carbonyl (C=O) groups is 1. The fourth-order valence-electron chi connectivity index (χ4n) is 2.32. The highest BCUT2D eigenvalue weighted by Gasteiger charge is 2.16. The lowest BCUT2D eigenvalue weighted by Gasteiger charge is -2.19. The van der Waals surface area contributed by atoms with E-state index in [1.165, 1.54) is 5.56 Å². The minimum Gasteiger partial charge on any atom is -0.351 e. The number of nitrogens with zero attached hydrogens (tertiary/aromatic N) is 2. The van der Waals surface area contributed by atoms with E-state index in [0.29, 0.717) is 12.2 Å². The molecule has 0 unspecified atom stereocenters. The number of hydrogen-bond donors (Lipinski definition) is 1. The van der Waals surface area contributed by atoms with E-state index in [-0.39, 0.29) is 11.3 Å². The van der Waals surface area contributed by atoms with Crippen LogP contribution in [0.15, 0.2) is 30.3 Å². The van der Waals surface area contributed by atoms with Gasteiger partial charge < -0.3 is 5.32 Å². The van der Waals surface area contributed by atoms with Gasteiger partial charge in [-0.2, -0.15) is 5.10 Å². The van der Waals surface area contributed by atoms with Crippen molar-refractivity contribution in [3.05, 3.63) is 41.6 Å². The van der Waals surface area contributed by atoms with Gasteiger partial charge in [0.05, 0.1) is 5.69 Å². The van der Waals surface area contributed by atoms with Crippen molar-refractivity contribution in [2.75, 3.05) is 6.54 Å². The zero-order valence-corrected chi connectivity index (χ0v) is 14.1. The number of hydrogen-bond acceptors (Lipinski definition) is 2. The van der Waals surface area contributed by atoms with Crippen LogP contribution in [-0.2, 0) is 12.5 Å². The van der Waals surface area contributed by atoms with Gasteiger partial charge in [0, 0.05) is 13.6 Å². The third-order valence-electron chi connectivity index (χ3n) is 3.69. The zero-order valence-electron chi connectivity index (χ0n) is 14.1. The Hall–Kier alpha value is -2.10. The lowest BCUT2D eigenvalue weighted by molar-refractivity contribution is 0.0948. The lowest BCUT2D eigenvalue weighted by Crippen LogP contribution is -2.24. The minimum atomic E-state index is -0.116. The molecule has 0 saturated carbocycles. The minimum absolute atomic E-state index is 0.116. The van der Waals surface area contributed by atoms with Crippen LogP contribution in [0.25, 0.3) is 11.3 Å². The SMILES string of the molecule is CCCNC(=O)c1cc(-c2ccc(C(C)(C)C)cc2)n(C)n1. The molecule has 1 heterocycles. The van der Waals surface area contributed by atoms with E-state index in [4.69, 9.17) is 0 Å². The predicted octanol–water partition coefficient (Wildman–Crippen LogP) is 3.52. The highest BCUT2D eigenvalue weighted by molar-refractivity contribution is 5.93. The van der Waals surface area contributed by atoms with Crippen molar-refractivity contribution in [1.29, 1.82) is 0 Å². The van der Waals surface area contributed by atoms with Gasteiger partial charge in [-0.05, 0) is 29.0 Å². The molecule has 0 saturated heterocycles. The Kier molecular flexibility index (Phi) is 4.69. The average molecular weight is 299 g/mol. The van der Waals surface area contributed by atoms with Crippen molar-refractivity contribution < 1.29 is 4.79 Å². The van der Waals surface area contributed by atoms with Gasteiger partial charge in [0.25, 0.3) is 5.91 Å². The molecule has 4 heteroatoms. The Morgan fingerprint density at radius 1 is 1.23 bits per heavy atom. The molecule has 0 aliphatic rings. The second-order valence-corrected chi connectivity index (χ2v) is 6.62. The molecule has 0 fully saturated rings. The molecular weight excluding hydrogens is 274 g/mol. The number of amides is 1. The lowest BCUT2D eigenvalue weighted by atomic mass is 9.86. The first-order valence-electron chi connectivity index (χ1n) is 7.76. The molecule has 0 radical (unpaired) electrons. The molecule has 1 amide bonds. The van der Waals surface area contributed by atoms with Crippen molar-refractivity contribution in [2.45, 2.75) is 39.5 Å². The van der Waals surface area contributed by atoms with E-state index in [0.717, 1.165) is 17.7 Å². The van der Waals surface area contributed by atoms with Gasteiger partial charge in [-0.25, -0.2) is 0 Å². The maximum Gasteiger partial charge on any atom is 0.271 e. The number of benzene rings is 1. The summed E-state index contributed by atoms with van der Waals surface area (Å²) in [5.74, 6) is -0.116. The quantitative estimate of drug-likeness (QED) is 0.939. The first kappa shape index (κ1) is 16.3. The van der Waals surface area contributed by atoms with Crippen molar-refractivity contribution in [3.8, 4) is 11.3 Å². The van der Waals surface area contributed by atoms with Gasteiger partial charge in [0.1, 0.15) is 0 Å². The van der Waals surface area contributed by atoms with Crippen LogP contribution in [0.3, 0.4) is 0 Å². The van der Waals surface area contributed by atoms with E-state index >= 15 is 0 Å². The second-order valence-electron chi connectivity index (χ2n) is 6.62. The molecule has 0 spiro atoms. The third-order valence-corrected chi connectivity index (χ3v) is 3.69. The van der Waals surface area contributed by atoms with E-state index < -0.39 is 0 Å². The van der Waals surface area contributed by atoms with E-state index in [1.807, 2.05) is 20.0 Å². The van der Waals surface area contributed by atoms with Crippen molar-refractivity contribution >= 4 is 5.91 Å². The number of rotatable bonds is 4. The van der Waals surface area contributed by atoms with Crippen LogP contribution in [0.4, 0.5) is 0 Å². The summed E-state index contributed by atoms with van der Waals surface area (Å²) < 4.78 is 1.76. The van der Waals surface area contributed by atoms with Gasteiger partial charge in [-0.3, -0.25) is 9.48 Å². The molecule has 1 aromatic carbocycles. The Morgan fingerprint density at radius 3 is 2.41 bits per heavy atom. The number of carbonyl (C=O) groups excluding carboxylic acids is 1. The maximum atomic E-state index is 12.0. The van der Waals surface area contributed by atoms with Crippen LogP contribution in [0.2, 0.25) is 0 Å². The molecule has 0 aliphatic carbocycles. The van der Waals surface area contributed by atoms with Gasteiger partial charge in [0.15, 0.2) is 5.69 Å². The molecule has 0 atom stereocenters. The molecule has 4 nitrogen and oxygen atoms in total. The second kappa shape index (κ2) is 6.34. The Morgan fingerprint density at radius 2 is 1.86 bits per heavy atom. The Bertz CT molecular complexity index is 648. The van der Waals surface area contributed by atoms with Crippen LogP contribution in [0.1, 0.15) is 50.2 Å². The topological polar surface area (TPSA) is 46.9 Å². The summed E-state index contributed by atoms with van der Waals surface area (Å²) in [7, 11) is 1.86. The average Bonchev–Trinajstić information content (AvgIpc) is 2.86. The van der Waals surface area contributed by atoms with Gasteiger partial charge in [-0.1, -0.05) is 52.0 Å². The summed E-state index contributed by atoms with van der Waals surface area (Å²) in [4.78, 5) is 12.0. The van der Waals surface area contributed by atoms with Gasteiger partial charge in [-0.15, -0.1) is 0 Å². The van der Waals surface area contributed by atoms with Crippen molar-refractivity contribution in [3.63, 3.8) is 0 Å². The Labute approximate surface area is 132 Å². The van der Waals surface area contributed by atoms with Crippen LogP contribution >= 0.6 is 0 Å². The smallest absolute Gasteiger partial charge is 0.271 e. The zero-order chi connectivity index (χ0) is 16.3. The Balaban J connectivity index is 2.26. The molecule has 2 rings (SSSR count). The number of nitrogens with one attached hydrogen (secondary N) is 1. The first-order chi connectivity index (χ1) is 10.3. The number of aromatic nitrogens is 2. The van der Waals surface area contributed by atoms with E-state index in [1.54, 1.807) is 4.68 Å². The van der Waals surface area contributed by atoms with Crippen molar-refractivity contribution in [1.82, 2.24) is 15.1 Å². The van der Waals surface area contributed by atoms with Gasteiger partial charge >= 0.3 is 0 Å². The molecule has 22 heavy (non-hydrogen) atoms. The molecule has 2 aromatic rings. The summed E-state index contributed by atoms with van der Waals surface area (Å²) in [5, 5.41) is 7.17. The fourth-order valence-corrected chi connectivity index (χ4v) is 2.32. The maximum absolute atomic E-state index is 12.0.